The Balaban J connectivity index is 2.23. The van der Waals surface area contributed by atoms with Crippen LogP contribution in [0.15, 0.2) is 30.6 Å². The number of nitrogens with one attached hydrogen (secondary N) is 1. The van der Waals surface area contributed by atoms with E-state index in [9.17, 15) is 13.2 Å². The quantitative estimate of drug-likeness (QED) is 0.855. The summed E-state index contributed by atoms with van der Waals surface area (Å²) in [5, 5.41) is 6.31. The molecule has 0 aliphatic carbocycles. The minimum atomic E-state index is -4.40. The Bertz CT molecular complexity index is 462. The summed E-state index contributed by atoms with van der Waals surface area (Å²) in [5.74, 6) is 0. The van der Waals surface area contributed by atoms with Crippen LogP contribution in [0.3, 0.4) is 0 Å². The number of aromatic amines is 1. The highest BCUT2D eigenvalue weighted by Gasteiger charge is 2.32. The summed E-state index contributed by atoms with van der Waals surface area (Å²) < 4.78 is 37.1. The highest BCUT2D eigenvalue weighted by Crippen LogP contribution is 2.27. The number of H-pyrrole nitrogens is 1. The van der Waals surface area contributed by atoms with Gasteiger partial charge in [-0.15, -0.1) is 0 Å². The predicted molar refractivity (Wildman–Crippen MR) is 50.6 cm³/mol. The lowest BCUT2D eigenvalue weighted by molar-refractivity contribution is -0.141. The van der Waals surface area contributed by atoms with Crippen molar-refractivity contribution in [1.29, 1.82) is 0 Å². The Morgan fingerprint density at radius 3 is 2.69 bits per heavy atom. The number of hydrogen-bond acceptors (Lipinski definition) is 2. The maximum absolute atomic E-state index is 12.4. The van der Waals surface area contributed by atoms with E-state index in [4.69, 9.17) is 0 Å². The molecule has 2 aromatic heterocycles. The lowest BCUT2D eigenvalue weighted by Gasteiger charge is -2.06. The highest BCUT2D eigenvalue weighted by atomic mass is 19.4. The lowest BCUT2D eigenvalue weighted by atomic mass is 10.2. The second kappa shape index (κ2) is 3.96. The molecule has 0 unspecified atom stereocenters. The lowest BCUT2D eigenvalue weighted by Crippen LogP contribution is -2.09. The van der Waals surface area contributed by atoms with Gasteiger partial charge in [0.05, 0.1) is 6.20 Å². The van der Waals surface area contributed by atoms with E-state index in [2.05, 4.69) is 15.2 Å². The first kappa shape index (κ1) is 10.7. The van der Waals surface area contributed by atoms with E-state index in [0.29, 0.717) is 12.1 Å². The van der Waals surface area contributed by atoms with Crippen LogP contribution in [-0.2, 0) is 12.6 Å². The summed E-state index contributed by atoms with van der Waals surface area (Å²) in [6.07, 6.45) is -0.878. The first-order chi connectivity index (χ1) is 7.55. The van der Waals surface area contributed by atoms with Crippen LogP contribution in [0.1, 0.15) is 17.0 Å². The van der Waals surface area contributed by atoms with Gasteiger partial charge in [-0.3, -0.25) is 5.10 Å². The van der Waals surface area contributed by atoms with Gasteiger partial charge in [0.25, 0.3) is 0 Å². The van der Waals surface area contributed by atoms with Gasteiger partial charge in [-0.05, 0) is 17.7 Å². The van der Waals surface area contributed by atoms with Gasteiger partial charge in [-0.2, -0.15) is 18.3 Å². The monoisotopic (exact) mass is 227 g/mol. The number of halogens is 3. The van der Waals surface area contributed by atoms with E-state index in [0.717, 1.165) is 11.6 Å². The van der Waals surface area contributed by atoms with Crippen LogP contribution in [0.5, 0.6) is 0 Å². The Morgan fingerprint density at radius 1 is 1.25 bits per heavy atom. The third-order valence-electron chi connectivity index (χ3n) is 2.04. The zero-order valence-electron chi connectivity index (χ0n) is 8.12. The van der Waals surface area contributed by atoms with Crippen molar-refractivity contribution in [3.05, 3.63) is 47.5 Å². The third-order valence-corrected chi connectivity index (χ3v) is 2.04. The molecule has 16 heavy (non-hydrogen) atoms. The van der Waals surface area contributed by atoms with Gasteiger partial charge < -0.3 is 0 Å². The molecule has 2 rings (SSSR count). The standard InChI is InChI=1S/C10H8F3N3/c11-10(12,13)9-3-1-2-8(16-9)4-7-5-14-15-6-7/h1-3,5-6H,4H2,(H,14,15). The van der Waals surface area contributed by atoms with Crippen LogP contribution in [0.2, 0.25) is 0 Å². The van der Waals surface area contributed by atoms with E-state index < -0.39 is 11.9 Å². The summed E-state index contributed by atoms with van der Waals surface area (Å²) in [5.41, 5.74) is 0.302. The van der Waals surface area contributed by atoms with Crippen molar-refractivity contribution in [3.63, 3.8) is 0 Å². The highest BCUT2D eigenvalue weighted by molar-refractivity contribution is 5.19. The molecule has 0 fully saturated rings. The van der Waals surface area contributed by atoms with Crippen molar-refractivity contribution < 1.29 is 13.2 Å². The van der Waals surface area contributed by atoms with E-state index in [-0.39, 0.29) is 0 Å². The largest absolute Gasteiger partial charge is 0.433 e. The number of rotatable bonds is 2. The minimum Gasteiger partial charge on any atom is -0.285 e. The zero-order valence-corrected chi connectivity index (χ0v) is 8.12. The topological polar surface area (TPSA) is 41.6 Å². The second-order valence-corrected chi connectivity index (χ2v) is 3.30. The predicted octanol–water partition coefficient (Wildman–Crippen LogP) is 2.41. The molecule has 0 bridgehead atoms. The fourth-order valence-electron chi connectivity index (χ4n) is 1.32. The normalized spacial score (nSPS) is 11.7. The van der Waals surface area contributed by atoms with Gasteiger partial charge in [0, 0.05) is 18.3 Å². The summed E-state index contributed by atoms with van der Waals surface area (Å²) in [7, 11) is 0. The van der Waals surface area contributed by atoms with E-state index >= 15 is 0 Å². The molecule has 0 aliphatic rings. The Kier molecular flexibility index (Phi) is 2.64. The molecular formula is C10H8F3N3. The third kappa shape index (κ3) is 2.39. The van der Waals surface area contributed by atoms with Gasteiger partial charge in [0.15, 0.2) is 0 Å². The van der Waals surface area contributed by atoms with Crippen LogP contribution in [-0.4, -0.2) is 15.2 Å². The number of alkyl halides is 3. The average molecular weight is 227 g/mol. The maximum Gasteiger partial charge on any atom is 0.433 e. The molecule has 84 valence electrons. The summed E-state index contributed by atoms with van der Waals surface area (Å²) in [4.78, 5) is 3.55. The maximum atomic E-state index is 12.4. The van der Waals surface area contributed by atoms with Gasteiger partial charge in [0.2, 0.25) is 0 Å². The number of pyridine rings is 1. The molecule has 1 N–H and O–H groups in total. The molecule has 6 heteroatoms. The number of aromatic nitrogens is 3. The van der Waals surface area contributed by atoms with Crippen molar-refractivity contribution >= 4 is 0 Å². The van der Waals surface area contributed by atoms with E-state index in [1.54, 1.807) is 18.5 Å². The Hall–Kier alpha value is -1.85. The smallest absolute Gasteiger partial charge is 0.285 e. The SMILES string of the molecule is FC(F)(F)c1cccc(Cc2cn[nH]c2)n1. The Morgan fingerprint density at radius 2 is 2.06 bits per heavy atom. The summed E-state index contributed by atoms with van der Waals surface area (Å²) >= 11 is 0. The molecule has 0 saturated carbocycles. The fourth-order valence-corrected chi connectivity index (χ4v) is 1.32. The molecule has 0 spiro atoms. The zero-order chi connectivity index (χ0) is 11.6. The van der Waals surface area contributed by atoms with Gasteiger partial charge in [0.1, 0.15) is 5.69 Å². The van der Waals surface area contributed by atoms with Crippen LogP contribution in [0.4, 0.5) is 13.2 Å². The average Bonchev–Trinajstić information content (AvgIpc) is 2.70. The molecule has 2 aromatic rings. The molecular weight excluding hydrogens is 219 g/mol. The summed E-state index contributed by atoms with van der Waals surface area (Å²) in [6, 6.07) is 3.87. The summed E-state index contributed by atoms with van der Waals surface area (Å²) in [6.45, 7) is 0. The van der Waals surface area contributed by atoms with E-state index in [1.165, 1.54) is 6.07 Å². The van der Waals surface area contributed by atoms with Crippen LogP contribution < -0.4 is 0 Å². The van der Waals surface area contributed by atoms with Crippen molar-refractivity contribution in [2.24, 2.45) is 0 Å². The molecule has 0 aromatic carbocycles. The Labute approximate surface area is 89.3 Å². The fraction of sp³-hybridized carbons (Fsp3) is 0.200. The van der Waals surface area contributed by atoms with Crippen molar-refractivity contribution in [1.82, 2.24) is 15.2 Å². The second-order valence-electron chi connectivity index (χ2n) is 3.30. The number of nitrogens with zero attached hydrogens (tertiary/aromatic N) is 2. The van der Waals surface area contributed by atoms with Crippen LogP contribution >= 0.6 is 0 Å². The first-order valence-corrected chi connectivity index (χ1v) is 4.56. The first-order valence-electron chi connectivity index (χ1n) is 4.56. The molecule has 0 amide bonds. The van der Waals surface area contributed by atoms with Gasteiger partial charge in [-0.25, -0.2) is 4.98 Å². The van der Waals surface area contributed by atoms with Crippen molar-refractivity contribution in [2.75, 3.05) is 0 Å². The molecule has 2 heterocycles. The van der Waals surface area contributed by atoms with Crippen molar-refractivity contribution in [2.45, 2.75) is 12.6 Å². The van der Waals surface area contributed by atoms with Crippen LogP contribution in [0.25, 0.3) is 0 Å². The van der Waals surface area contributed by atoms with Gasteiger partial charge >= 0.3 is 6.18 Å². The van der Waals surface area contributed by atoms with Crippen molar-refractivity contribution in [3.8, 4) is 0 Å². The molecule has 0 atom stereocenters. The minimum absolute atomic E-state index is 0.334. The molecule has 3 nitrogen and oxygen atoms in total. The molecule has 0 aliphatic heterocycles. The number of hydrogen-bond donors (Lipinski definition) is 1. The van der Waals surface area contributed by atoms with Gasteiger partial charge in [-0.1, -0.05) is 6.07 Å². The molecule has 0 radical (unpaired) electrons. The molecule has 0 saturated heterocycles. The van der Waals surface area contributed by atoms with Crippen LogP contribution in [0, 0.1) is 0 Å². The van der Waals surface area contributed by atoms with E-state index in [1.807, 2.05) is 0 Å².